The van der Waals surface area contributed by atoms with E-state index in [2.05, 4.69) is 10.3 Å². The number of fused-ring (bicyclic) bond motifs is 2. The first-order valence-corrected chi connectivity index (χ1v) is 11.3. The van der Waals surface area contributed by atoms with Crippen molar-refractivity contribution >= 4 is 33.9 Å². The van der Waals surface area contributed by atoms with E-state index in [1.165, 1.54) is 0 Å². The predicted molar refractivity (Wildman–Crippen MR) is 129 cm³/mol. The van der Waals surface area contributed by atoms with E-state index in [-0.39, 0.29) is 18.5 Å². The number of hydrogen-bond acceptors (Lipinski definition) is 6. The second-order valence-corrected chi connectivity index (χ2v) is 8.48. The summed E-state index contributed by atoms with van der Waals surface area (Å²) in [6.07, 6.45) is 2.07. The minimum atomic E-state index is -0.164. The lowest BCUT2D eigenvalue weighted by Gasteiger charge is -2.28. The number of ether oxygens (including phenoxy) is 4. The Bertz CT molecular complexity index is 1240. The molecule has 0 saturated carbocycles. The minimum absolute atomic E-state index is 0.0726. The molecule has 1 saturated heterocycles. The van der Waals surface area contributed by atoms with Gasteiger partial charge in [0.05, 0.1) is 25.3 Å². The molecule has 0 radical (unpaired) electrons. The lowest BCUT2D eigenvalue weighted by molar-refractivity contribution is 0.0904. The number of aromatic amines is 1. The number of methoxy groups -OCH3 is 1. The first-order valence-electron chi connectivity index (χ1n) is 10.9. The molecule has 0 unspecified atom stereocenters. The van der Waals surface area contributed by atoms with Crippen LogP contribution in [0.4, 0.5) is 5.69 Å². The third kappa shape index (κ3) is 4.74. The molecule has 3 aromatic rings. The highest BCUT2D eigenvalue weighted by Crippen LogP contribution is 2.35. The van der Waals surface area contributed by atoms with Gasteiger partial charge in [-0.2, -0.15) is 0 Å². The first kappa shape index (κ1) is 21.5. The Morgan fingerprint density at radius 2 is 2.09 bits per heavy atom. The SMILES string of the molecule is COc1cccc(NC(=S)N(Cc2cc3cc4c(cc3[nH]c2=O)OCO4)C[C@H]2CCCO2)c1. The van der Waals surface area contributed by atoms with E-state index < -0.39 is 0 Å². The smallest absolute Gasteiger partial charge is 0.253 e. The molecule has 2 aromatic carbocycles. The maximum atomic E-state index is 12.9. The Balaban J connectivity index is 1.41. The summed E-state index contributed by atoms with van der Waals surface area (Å²) in [6, 6.07) is 13.1. The van der Waals surface area contributed by atoms with Gasteiger partial charge >= 0.3 is 0 Å². The topological polar surface area (TPSA) is 85.1 Å². The second kappa shape index (κ2) is 9.29. The Morgan fingerprint density at radius 1 is 1.24 bits per heavy atom. The molecule has 0 amide bonds. The van der Waals surface area contributed by atoms with Crippen LogP contribution in [0.25, 0.3) is 10.9 Å². The van der Waals surface area contributed by atoms with Gasteiger partial charge in [-0.3, -0.25) is 4.79 Å². The van der Waals surface area contributed by atoms with Crippen LogP contribution in [0.1, 0.15) is 18.4 Å². The van der Waals surface area contributed by atoms with E-state index in [4.69, 9.17) is 31.2 Å². The number of anilines is 1. The third-order valence-corrected chi connectivity index (χ3v) is 6.19. The zero-order chi connectivity index (χ0) is 22.8. The van der Waals surface area contributed by atoms with Gasteiger partial charge < -0.3 is 34.1 Å². The summed E-state index contributed by atoms with van der Waals surface area (Å²) in [7, 11) is 1.62. The molecular weight excluding hydrogens is 442 g/mol. The van der Waals surface area contributed by atoms with Crippen molar-refractivity contribution in [2.24, 2.45) is 0 Å². The van der Waals surface area contributed by atoms with Gasteiger partial charge in [0.2, 0.25) is 6.79 Å². The number of H-pyrrole nitrogens is 1. The van der Waals surface area contributed by atoms with E-state index in [0.29, 0.717) is 40.8 Å². The van der Waals surface area contributed by atoms with Crippen molar-refractivity contribution in [3.63, 3.8) is 0 Å². The van der Waals surface area contributed by atoms with Crippen molar-refractivity contribution in [1.29, 1.82) is 0 Å². The maximum Gasteiger partial charge on any atom is 0.253 e. The molecule has 2 aliphatic rings. The van der Waals surface area contributed by atoms with Crippen LogP contribution in [0.15, 0.2) is 47.3 Å². The molecule has 2 aliphatic heterocycles. The Labute approximate surface area is 196 Å². The van der Waals surface area contributed by atoms with E-state index in [1.807, 2.05) is 41.3 Å². The van der Waals surface area contributed by atoms with Crippen LogP contribution < -0.4 is 25.1 Å². The molecule has 1 fully saturated rings. The number of nitrogens with zero attached hydrogens (tertiary/aromatic N) is 1. The Kier molecular flexibility index (Phi) is 6.06. The van der Waals surface area contributed by atoms with Crippen LogP contribution in [-0.4, -0.2) is 48.2 Å². The fourth-order valence-corrected chi connectivity index (χ4v) is 4.38. The van der Waals surface area contributed by atoms with Crippen molar-refractivity contribution < 1.29 is 18.9 Å². The molecule has 5 rings (SSSR count). The zero-order valence-corrected chi connectivity index (χ0v) is 19.1. The third-order valence-electron chi connectivity index (χ3n) is 5.83. The van der Waals surface area contributed by atoms with E-state index in [9.17, 15) is 4.79 Å². The minimum Gasteiger partial charge on any atom is -0.497 e. The van der Waals surface area contributed by atoms with Gasteiger partial charge in [-0.1, -0.05) is 6.07 Å². The summed E-state index contributed by atoms with van der Waals surface area (Å²) in [6.45, 7) is 1.87. The number of aromatic nitrogens is 1. The molecule has 0 bridgehead atoms. The van der Waals surface area contributed by atoms with Crippen LogP contribution >= 0.6 is 12.2 Å². The summed E-state index contributed by atoms with van der Waals surface area (Å²) in [5.74, 6) is 2.04. The van der Waals surface area contributed by atoms with E-state index in [1.54, 1.807) is 13.2 Å². The predicted octanol–water partition coefficient (Wildman–Crippen LogP) is 3.64. The number of pyridine rings is 1. The number of nitrogens with one attached hydrogen (secondary N) is 2. The van der Waals surface area contributed by atoms with E-state index >= 15 is 0 Å². The van der Waals surface area contributed by atoms with Crippen molar-refractivity contribution in [2.45, 2.75) is 25.5 Å². The Hall–Kier alpha value is -3.30. The molecule has 1 aromatic heterocycles. The second-order valence-electron chi connectivity index (χ2n) is 8.09. The molecular formula is C24H25N3O5S. The lowest BCUT2D eigenvalue weighted by Crippen LogP contribution is -2.40. The van der Waals surface area contributed by atoms with Crippen molar-refractivity contribution in [3.8, 4) is 17.2 Å². The van der Waals surface area contributed by atoms with Gasteiger partial charge in [-0.15, -0.1) is 0 Å². The largest absolute Gasteiger partial charge is 0.497 e. The van der Waals surface area contributed by atoms with Crippen molar-refractivity contribution in [3.05, 3.63) is 58.4 Å². The number of rotatable bonds is 6. The lowest BCUT2D eigenvalue weighted by atomic mass is 10.1. The molecule has 33 heavy (non-hydrogen) atoms. The summed E-state index contributed by atoms with van der Waals surface area (Å²) in [5, 5.41) is 4.66. The van der Waals surface area contributed by atoms with Gasteiger partial charge in [-0.25, -0.2) is 0 Å². The van der Waals surface area contributed by atoms with Crippen LogP contribution in [0.5, 0.6) is 17.2 Å². The number of hydrogen-bond donors (Lipinski definition) is 2. The van der Waals surface area contributed by atoms with Gasteiger partial charge in [0.25, 0.3) is 5.56 Å². The first-order chi connectivity index (χ1) is 16.1. The standard InChI is InChI=1S/C24H25N3O5S/c1-29-18-5-2-4-17(10-18)25-24(33)27(13-19-6-3-7-30-19)12-16-8-15-9-21-22(32-14-31-21)11-20(15)26-23(16)28/h2,4-5,8-11,19H,3,6-7,12-14H2,1H3,(H,25,33)(H,26,28)/t19-/m1/s1. The molecule has 8 nitrogen and oxygen atoms in total. The van der Waals surface area contributed by atoms with Crippen molar-refractivity contribution in [2.75, 3.05) is 32.4 Å². The van der Waals surface area contributed by atoms with Gasteiger partial charge in [0.15, 0.2) is 16.6 Å². The fraction of sp³-hybridized carbons (Fsp3) is 0.333. The average molecular weight is 468 g/mol. The molecule has 9 heteroatoms. The molecule has 3 heterocycles. The highest BCUT2D eigenvalue weighted by Gasteiger charge is 2.23. The number of benzene rings is 2. The highest BCUT2D eigenvalue weighted by atomic mass is 32.1. The van der Waals surface area contributed by atoms with Crippen LogP contribution in [0.3, 0.4) is 0 Å². The van der Waals surface area contributed by atoms with Crippen LogP contribution in [0, 0.1) is 0 Å². The summed E-state index contributed by atoms with van der Waals surface area (Å²) in [4.78, 5) is 17.8. The average Bonchev–Trinajstić information content (AvgIpc) is 3.49. The summed E-state index contributed by atoms with van der Waals surface area (Å²) in [5.41, 5.74) is 1.96. The van der Waals surface area contributed by atoms with Gasteiger partial charge in [0, 0.05) is 41.9 Å². The summed E-state index contributed by atoms with van der Waals surface area (Å²) >= 11 is 5.74. The monoisotopic (exact) mass is 467 g/mol. The normalized spacial score (nSPS) is 16.7. The maximum absolute atomic E-state index is 12.9. The Morgan fingerprint density at radius 3 is 2.88 bits per heavy atom. The van der Waals surface area contributed by atoms with Crippen molar-refractivity contribution in [1.82, 2.24) is 9.88 Å². The molecule has 0 aliphatic carbocycles. The molecule has 1 atom stereocenters. The quantitative estimate of drug-likeness (QED) is 0.532. The molecule has 0 spiro atoms. The van der Waals surface area contributed by atoms with E-state index in [0.717, 1.165) is 36.3 Å². The number of thiocarbonyl (C=S) groups is 1. The van der Waals surface area contributed by atoms with Crippen LogP contribution in [-0.2, 0) is 11.3 Å². The fourth-order valence-electron chi connectivity index (χ4n) is 4.12. The molecule has 2 N–H and O–H groups in total. The molecule has 172 valence electrons. The van der Waals surface area contributed by atoms with Crippen LogP contribution in [0.2, 0.25) is 0 Å². The zero-order valence-electron chi connectivity index (χ0n) is 18.3. The van der Waals surface area contributed by atoms with Gasteiger partial charge in [0.1, 0.15) is 5.75 Å². The van der Waals surface area contributed by atoms with Gasteiger partial charge in [-0.05, 0) is 49.3 Å². The highest BCUT2D eigenvalue weighted by molar-refractivity contribution is 7.80. The summed E-state index contributed by atoms with van der Waals surface area (Å²) < 4.78 is 22.1.